The molecule has 0 aliphatic rings. The molecule has 19 heavy (non-hydrogen) atoms. The van der Waals surface area contributed by atoms with Crippen LogP contribution in [-0.4, -0.2) is 0 Å². The van der Waals surface area contributed by atoms with Gasteiger partial charge in [-0.15, -0.1) is 0 Å². The molecule has 0 unspecified atom stereocenters. The van der Waals surface area contributed by atoms with Crippen molar-refractivity contribution in [1.29, 1.82) is 5.26 Å². The third-order valence-corrected chi connectivity index (χ3v) is 2.85. The molecular formula is C14H10ClFN2O. The van der Waals surface area contributed by atoms with Crippen molar-refractivity contribution in [3.63, 3.8) is 0 Å². The average molecular weight is 277 g/mol. The number of nitriles is 1. The highest BCUT2D eigenvalue weighted by Gasteiger charge is 2.08. The number of halogens is 2. The van der Waals surface area contributed by atoms with E-state index >= 15 is 0 Å². The Morgan fingerprint density at radius 1 is 1.32 bits per heavy atom. The molecule has 0 heterocycles. The van der Waals surface area contributed by atoms with Crippen LogP contribution in [0.1, 0.15) is 11.1 Å². The molecule has 96 valence electrons. The Kier molecular flexibility index (Phi) is 3.88. The second kappa shape index (κ2) is 5.59. The molecule has 0 amide bonds. The van der Waals surface area contributed by atoms with Gasteiger partial charge in [-0.25, -0.2) is 4.39 Å². The molecule has 0 radical (unpaired) electrons. The van der Waals surface area contributed by atoms with Crippen LogP contribution in [0.2, 0.25) is 5.02 Å². The maximum Gasteiger partial charge on any atom is 0.148 e. The summed E-state index contributed by atoms with van der Waals surface area (Å²) in [6.45, 7) is 0.0164. The molecule has 2 aromatic carbocycles. The molecule has 0 fully saturated rings. The molecule has 0 atom stereocenters. The number of nitrogens with zero attached hydrogens (tertiary/aromatic N) is 1. The van der Waals surface area contributed by atoms with Crippen LogP contribution in [0.5, 0.6) is 5.75 Å². The number of rotatable bonds is 3. The zero-order valence-corrected chi connectivity index (χ0v) is 10.6. The van der Waals surface area contributed by atoms with Gasteiger partial charge in [0.05, 0.1) is 22.3 Å². The van der Waals surface area contributed by atoms with Crippen LogP contribution in [0.3, 0.4) is 0 Å². The fourth-order valence-electron chi connectivity index (χ4n) is 1.56. The number of ether oxygens (including phenoxy) is 1. The molecule has 3 nitrogen and oxygen atoms in total. The van der Waals surface area contributed by atoms with E-state index in [0.29, 0.717) is 22.6 Å². The van der Waals surface area contributed by atoms with Crippen LogP contribution in [0.15, 0.2) is 36.4 Å². The molecule has 5 heteroatoms. The molecule has 2 rings (SSSR count). The van der Waals surface area contributed by atoms with Crippen molar-refractivity contribution in [2.45, 2.75) is 6.61 Å². The zero-order valence-electron chi connectivity index (χ0n) is 9.86. The van der Waals surface area contributed by atoms with Gasteiger partial charge in [-0.3, -0.25) is 0 Å². The lowest BCUT2D eigenvalue weighted by Crippen LogP contribution is -2.01. The normalized spacial score (nSPS) is 9.95. The molecule has 0 bridgehead atoms. The van der Waals surface area contributed by atoms with Gasteiger partial charge in [0.15, 0.2) is 0 Å². The summed E-state index contributed by atoms with van der Waals surface area (Å²) in [5, 5.41) is 8.77. The minimum atomic E-state index is -0.503. The third kappa shape index (κ3) is 2.95. The third-order valence-electron chi connectivity index (χ3n) is 2.55. The predicted octanol–water partition coefficient (Wildman–Crippen LogP) is 3.51. The van der Waals surface area contributed by atoms with Gasteiger partial charge in [-0.2, -0.15) is 5.26 Å². The lowest BCUT2D eigenvalue weighted by molar-refractivity contribution is 0.301. The van der Waals surface area contributed by atoms with Crippen molar-refractivity contribution in [3.05, 3.63) is 58.4 Å². The topological polar surface area (TPSA) is 59.0 Å². The average Bonchev–Trinajstić information content (AvgIpc) is 2.41. The molecule has 0 spiro atoms. The monoisotopic (exact) mass is 276 g/mol. The van der Waals surface area contributed by atoms with E-state index in [1.165, 1.54) is 12.1 Å². The number of hydrogen-bond acceptors (Lipinski definition) is 3. The van der Waals surface area contributed by atoms with Crippen molar-refractivity contribution in [3.8, 4) is 11.8 Å². The Labute approximate surface area is 115 Å². The summed E-state index contributed by atoms with van der Waals surface area (Å²) >= 11 is 5.68. The summed E-state index contributed by atoms with van der Waals surface area (Å²) in [6.07, 6.45) is 0. The highest BCUT2D eigenvalue weighted by atomic mass is 35.5. The van der Waals surface area contributed by atoms with Crippen LogP contribution in [-0.2, 0) is 6.61 Å². The number of hydrogen-bond donors (Lipinski definition) is 1. The van der Waals surface area contributed by atoms with Crippen LogP contribution in [0.4, 0.5) is 10.1 Å². The molecule has 0 aromatic heterocycles. The molecule has 2 N–H and O–H groups in total. The van der Waals surface area contributed by atoms with E-state index in [0.717, 1.165) is 0 Å². The van der Waals surface area contributed by atoms with Gasteiger partial charge in [-0.1, -0.05) is 23.7 Å². The molecule has 0 aliphatic heterocycles. The molecule has 2 aromatic rings. The van der Waals surface area contributed by atoms with E-state index in [9.17, 15) is 4.39 Å². The van der Waals surface area contributed by atoms with Gasteiger partial charge < -0.3 is 10.5 Å². The fraction of sp³-hybridized carbons (Fsp3) is 0.0714. The Hall–Kier alpha value is -2.25. The number of nitrogen functional groups attached to an aromatic ring is 1. The Morgan fingerprint density at radius 3 is 2.79 bits per heavy atom. The Morgan fingerprint density at radius 2 is 2.11 bits per heavy atom. The second-order valence-corrected chi connectivity index (χ2v) is 4.27. The number of nitrogens with two attached hydrogens (primary N) is 1. The van der Waals surface area contributed by atoms with Crippen LogP contribution in [0, 0.1) is 17.1 Å². The Bertz CT molecular complexity index is 652. The van der Waals surface area contributed by atoms with Crippen LogP contribution >= 0.6 is 11.6 Å². The van der Waals surface area contributed by atoms with Crippen molar-refractivity contribution in [2.75, 3.05) is 5.73 Å². The van der Waals surface area contributed by atoms with E-state index in [1.807, 2.05) is 6.07 Å². The second-order valence-electron chi connectivity index (χ2n) is 3.87. The molecule has 0 saturated heterocycles. The lowest BCUT2D eigenvalue weighted by Gasteiger charge is -2.10. The number of benzene rings is 2. The maximum atomic E-state index is 13.6. The van der Waals surface area contributed by atoms with Gasteiger partial charge in [0.25, 0.3) is 0 Å². The van der Waals surface area contributed by atoms with E-state index in [-0.39, 0.29) is 11.6 Å². The largest absolute Gasteiger partial charge is 0.487 e. The standard InChI is InChI=1S/C14H10ClFN2O/c15-11-3-1-2-10(14(11)16)8-19-13-5-4-9(7-17)6-12(13)18/h1-6H,8,18H2. The quantitative estimate of drug-likeness (QED) is 0.873. The van der Waals surface area contributed by atoms with E-state index in [4.69, 9.17) is 27.3 Å². The first kappa shape index (κ1) is 13.2. The maximum absolute atomic E-state index is 13.6. The zero-order chi connectivity index (χ0) is 13.8. The predicted molar refractivity (Wildman–Crippen MR) is 71.3 cm³/mol. The van der Waals surface area contributed by atoms with Gasteiger partial charge in [0.1, 0.15) is 18.2 Å². The minimum Gasteiger partial charge on any atom is -0.487 e. The van der Waals surface area contributed by atoms with E-state index in [1.54, 1.807) is 24.3 Å². The van der Waals surface area contributed by atoms with Gasteiger partial charge >= 0.3 is 0 Å². The highest BCUT2D eigenvalue weighted by molar-refractivity contribution is 6.30. The van der Waals surface area contributed by atoms with Crippen LogP contribution in [0.25, 0.3) is 0 Å². The minimum absolute atomic E-state index is 0.0164. The first-order chi connectivity index (χ1) is 9.11. The summed E-state index contributed by atoms with van der Waals surface area (Å²) < 4.78 is 19.1. The van der Waals surface area contributed by atoms with Crippen LogP contribution < -0.4 is 10.5 Å². The first-order valence-corrected chi connectivity index (χ1v) is 5.85. The lowest BCUT2D eigenvalue weighted by atomic mass is 10.2. The van der Waals surface area contributed by atoms with Gasteiger partial charge in [0.2, 0.25) is 0 Å². The number of anilines is 1. The summed E-state index contributed by atoms with van der Waals surface area (Å²) in [4.78, 5) is 0. The Balaban J connectivity index is 2.15. The van der Waals surface area contributed by atoms with Crippen molar-refractivity contribution < 1.29 is 9.13 Å². The molecule has 0 aliphatic carbocycles. The van der Waals surface area contributed by atoms with E-state index in [2.05, 4.69) is 0 Å². The van der Waals surface area contributed by atoms with Crippen molar-refractivity contribution >= 4 is 17.3 Å². The molecular weight excluding hydrogens is 267 g/mol. The van der Waals surface area contributed by atoms with E-state index < -0.39 is 5.82 Å². The smallest absolute Gasteiger partial charge is 0.148 e. The summed E-state index contributed by atoms with van der Waals surface area (Å²) in [5.74, 6) is -0.102. The van der Waals surface area contributed by atoms with Gasteiger partial charge in [0, 0.05) is 5.56 Å². The molecule has 0 saturated carbocycles. The first-order valence-electron chi connectivity index (χ1n) is 5.47. The summed E-state index contributed by atoms with van der Waals surface area (Å²) in [5.41, 5.74) is 6.85. The summed E-state index contributed by atoms with van der Waals surface area (Å²) in [7, 11) is 0. The van der Waals surface area contributed by atoms with Gasteiger partial charge in [-0.05, 0) is 24.3 Å². The highest BCUT2D eigenvalue weighted by Crippen LogP contribution is 2.25. The van der Waals surface area contributed by atoms with Crippen molar-refractivity contribution in [2.24, 2.45) is 0 Å². The fourth-order valence-corrected chi connectivity index (χ4v) is 1.76. The summed E-state index contributed by atoms with van der Waals surface area (Å²) in [6, 6.07) is 11.3. The van der Waals surface area contributed by atoms with Crippen molar-refractivity contribution in [1.82, 2.24) is 0 Å². The SMILES string of the molecule is N#Cc1ccc(OCc2cccc(Cl)c2F)c(N)c1.